The number of ether oxygens (including phenoxy) is 4. The van der Waals surface area contributed by atoms with E-state index < -0.39 is 0 Å². The highest BCUT2D eigenvalue weighted by molar-refractivity contribution is 5.84. The Morgan fingerprint density at radius 3 is 2.53 bits per heavy atom. The van der Waals surface area contributed by atoms with Crippen LogP contribution in [0.15, 0.2) is 60.8 Å². The van der Waals surface area contributed by atoms with Crippen molar-refractivity contribution in [2.75, 3.05) is 20.3 Å². The number of hydrogen-bond donors (Lipinski definition) is 2. The largest absolute Gasteiger partial charge is 0.507 e. The molecule has 1 aliphatic heterocycles. The zero-order valence-electron chi connectivity index (χ0n) is 19.1. The van der Waals surface area contributed by atoms with Crippen LogP contribution in [0.4, 0.5) is 0 Å². The van der Waals surface area contributed by atoms with Gasteiger partial charge >= 0.3 is 0 Å². The van der Waals surface area contributed by atoms with E-state index in [1.54, 1.807) is 19.4 Å². The summed E-state index contributed by atoms with van der Waals surface area (Å²) >= 11 is 0. The molecule has 0 spiro atoms. The van der Waals surface area contributed by atoms with Crippen LogP contribution in [0.3, 0.4) is 0 Å². The first-order valence-corrected chi connectivity index (χ1v) is 11.2. The molecule has 34 heavy (non-hydrogen) atoms. The van der Waals surface area contributed by atoms with E-state index in [0.29, 0.717) is 36.9 Å². The third-order valence-corrected chi connectivity index (χ3v) is 5.87. The molecule has 1 aliphatic rings. The summed E-state index contributed by atoms with van der Waals surface area (Å²) in [5.74, 6) is 3.00. The molecule has 7 nitrogen and oxygen atoms in total. The van der Waals surface area contributed by atoms with Crippen molar-refractivity contribution in [1.82, 2.24) is 10.2 Å². The number of fused-ring (bicyclic) bond motifs is 1. The van der Waals surface area contributed by atoms with Crippen molar-refractivity contribution in [2.24, 2.45) is 0 Å². The van der Waals surface area contributed by atoms with Crippen molar-refractivity contribution in [2.45, 2.75) is 20.0 Å². The summed E-state index contributed by atoms with van der Waals surface area (Å²) in [6.45, 7) is 3.52. The smallest absolute Gasteiger partial charge is 0.161 e. The average molecular weight is 459 g/mol. The predicted molar refractivity (Wildman–Crippen MR) is 129 cm³/mol. The van der Waals surface area contributed by atoms with Crippen LogP contribution < -0.4 is 18.9 Å². The van der Waals surface area contributed by atoms with Gasteiger partial charge in [0.05, 0.1) is 19.0 Å². The number of hydrogen-bond acceptors (Lipinski definition) is 6. The minimum Gasteiger partial charge on any atom is -0.507 e. The SMILES string of the molecule is CCc1cc(-c2[nH]ncc2-c2ccc3c(c2)OCCO3)c(O)cc1OCc1ccc(OC)cc1. The molecule has 0 unspecified atom stereocenters. The van der Waals surface area contributed by atoms with Crippen molar-refractivity contribution < 1.29 is 24.1 Å². The first kappa shape index (κ1) is 21.7. The molecule has 0 saturated heterocycles. The molecule has 0 radical (unpaired) electrons. The van der Waals surface area contributed by atoms with Gasteiger partial charge in [0, 0.05) is 17.2 Å². The Kier molecular flexibility index (Phi) is 5.99. The number of benzene rings is 3. The van der Waals surface area contributed by atoms with Gasteiger partial charge in [0.15, 0.2) is 11.5 Å². The Bertz CT molecular complexity index is 1300. The topological polar surface area (TPSA) is 85.8 Å². The molecule has 0 amide bonds. The van der Waals surface area contributed by atoms with Crippen molar-refractivity contribution in [3.05, 3.63) is 71.9 Å². The highest BCUT2D eigenvalue weighted by Crippen LogP contribution is 2.41. The Morgan fingerprint density at radius 2 is 1.76 bits per heavy atom. The standard InChI is InChI=1S/C27H26N2O5/c1-3-18-12-21(23(30)14-25(18)34-16-17-4-7-20(31-2)8-5-17)27-22(15-28-29-27)19-6-9-24-26(13-19)33-11-10-32-24/h4-9,12-15,30H,3,10-11,16H2,1-2H3,(H,28,29). The fraction of sp³-hybridized carbons (Fsp3) is 0.222. The van der Waals surface area contributed by atoms with Crippen LogP contribution in [0.5, 0.6) is 28.7 Å². The highest BCUT2D eigenvalue weighted by atomic mass is 16.6. The molecule has 0 fully saturated rings. The molecular weight excluding hydrogens is 432 g/mol. The first-order chi connectivity index (χ1) is 16.7. The lowest BCUT2D eigenvalue weighted by atomic mass is 9.98. The van der Waals surface area contributed by atoms with Crippen LogP contribution in [0.1, 0.15) is 18.1 Å². The van der Waals surface area contributed by atoms with Crippen LogP contribution in [-0.4, -0.2) is 35.6 Å². The van der Waals surface area contributed by atoms with Crippen molar-refractivity contribution in [3.8, 4) is 51.1 Å². The van der Waals surface area contributed by atoms with Crippen molar-refractivity contribution in [3.63, 3.8) is 0 Å². The number of nitrogens with zero attached hydrogens (tertiary/aromatic N) is 1. The van der Waals surface area contributed by atoms with E-state index >= 15 is 0 Å². The molecule has 4 aromatic rings. The molecule has 2 N–H and O–H groups in total. The van der Waals surface area contributed by atoms with E-state index in [1.807, 2.05) is 48.5 Å². The molecule has 5 rings (SSSR count). The summed E-state index contributed by atoms with van der Waals surface area (Å²) in [6, 6.07) is 17.1. The van der Waals surface area contributed by atoms with Gasteiger partial charge < -0.3 is 24.1 Å². The summed E-state index contributed by atoms with van der Waals surface area (Å²) in [7, 11) is 1.64. The van der Waals surface area contributed by atoms with Crippen LogP contribution in [0.2, 0.25) is 0 Å². The van der Waals surface area contributed by atoms with Gasteiger partial charge in [-0.3, -0.25) is 5.10 Å². The fourth-order valence-electron chi connectivity index (χ4n) is 4.03. The van der Waals surface area contributed by atoms with Crippen LogP contribution >= 0.6 is 0 Å². The van der Waals surface area contributed by atoms with Gasteiger partial charge in [0.25, 0.3) is 0 Å². The van der Waals surface area contributed by atoms with Gasteiger partial charge in [-0.05, 0) is 53.4 Å². The molecule has 2 heterocycles. The number of nitrogens with one attached hydrogen (secondary N) is 1. The van der Waals surface area contributed by atoms with Crippen LogP contribution in [0, 0.1) is 0 Å². The number of phenolic OH excluding ortho intramolecular Hbond substituents is 1. The number of aryl methyl sites for hydroxylation is 1. The second kappa shape index (κ2) is 9.39. The number of aromatic hydroxyl groups is 1. The van der Waals surface area contributed by atoms with Gasteiger partial charge in [-0.2, -0.15) is 5.10 Å². The molecule has 0 atom stereocenters. The lowest BCUT2D eigenvalue weighted by Crippen LogP contribution is -2.15. The third-order valence-electron chi connectivity index (χ3n) is 5.87. The van der Waals surface area contributed by atoms with Gasteiger partial charge in [0.2, 0.25) is 0 Å². The molecule has 0 bridgehead atoms. The number of phenols is 1. The number of methoxy groups -OCH3 is 1. The van der Waals surface area contributed by atoms with E-state index in [-0.39, 0.29) is 5.75 Å². The van der Waals surface area contributed by atoms with E-state index in [4.69, 9.17) is 18.9 Å². The lowest BCUT2D eigenvalue weighted by Gasteiger charge is -2.19. The predicted octanol–water partition coefficient (Wildman–Crippen LogP) is 5.37. The Morgan fingerprint density at radius 1 is 0.971 bits per heavy atom. The Balaban J connectivity index is 1.43. The maximum atomic E-state index is 10.9. The monoisotopic (exact) mass is 458 g/mol. The maximum Gasteiger partial charge on any atom is 0.161 e. The van der Waals surface area contributed by atoms with E-state index in [1.165, 1.54) is 0 Å². The maximum absolute atomic E-state index is 10.9. The van der Waals surface area contributed by atoms with E-state index in [0.717, 1.165) is 45.9 Å². The molecule has 0 aliphatic carbocycles. The number of rotatable bonds is 7. The Labute approximate surface area is 197 Å². The van der Waals surface area contributed by atoms with Crippen molar-refractivity contribution >= 4 is 0 Å². The molecule has 174 valence electrons. The number of H-pyrrole nitrogens is 1. The molecule has 1 aromatic heterocycles. The molecule has 0 saturated carbocycles. The molecular formula is C27H26N2O5. The van der Waals surface area contributed by atoms with Gasteiger partial charge in [-0.25, -0.2) is 0 Å². The summed E-state index contributed by atoms with van der Waals surface area (Å²) in [6.07, 6.45) is 2.50. The zero-order chi connectivity index (χ0) is 23.5. The van der Waals surface area contributed by atoms with Crippen LogP contribution in [0.25, 0.3) is 22.4 Å². The first-order valence-electron chi connectivity index (χ1n) is 11.2. The summed E-state index contributed by atoms with van der Waals surface area (Å²) in [5, 5.41) is 18.2. The molecule has 7 heteroatoms. The summed E-state index contributed by atoms with van der Waals surface area (Å²) in [4.78, 5) is 0. The highest BCUT2D eigenvalue weighted by Gasteiger charge is 2.19. The minimum absolute atomic E-state index is 0.116. The van der Waals surface area contributed by atoms with E-state index in [2.05, 4.69) is 17.1 Å². The third kappa shape index (κ3) is 4.24. The Hall–Kier alpha value is -4.13. The minimum atomic E-state index is 0.116. The zero-order valence-corrected chi connectivity index (χ0v) is 19.1. The number of aromatic nitrogens is 2. The lowest BCUT2D eigenvalue weighted by molar-refractivity contribution is 0.171. The fourth-order valence-corrected chi connectivity index (χ4v) is 4.03. The van der Waals surface area contributed by atoms with Crippen molar-refractivity contribution in [1.29, 1.82) is 0 Å². The normalized spacial score (nSPS) is 12.4. The summed E-state index contributed by atoms with van der Waals surface area (Å²) in [5.41, 5.74) is 5.18. The van der Waals surface area contributed by atoms with E-state index in [9.17, 15) is 5.11 Å². The van der Waals surface area contributed by atoms with Gasteiger partial charge in [0.1, 0.15) is 37.1 Å². The molecule has 3 aromatic carbocycles. The average Bonchev–Trinajstić information content (AvgIpc) is 3.37. The number of aromatic amines is 1. The van der Waals surface area contributed by atoms with Gasteiger partial charge in [-0.15, -0.1) is 0 Å². The summed E-state index contributed by atoms with van der Waals surface area (Å²) < 4.78 is 22.6. The second-order valence-corrected chi connectivity index (χ2v) is 7.98. The van der Waals surface area contributed by atoms with Gasteiger partial charge in [-0.1, -0.05) is 25.1 Å². The van der Waals surface area contributed by atoms with Crippen LogP contribution in [-0.2, 0) is 13.0 Å². The second-order valence-electron chi connectivity index (χ2n) is 7.98. The quantitative estimate of drug-likeness (QED) is 0.387.